The maximum atomic E-state index is 12.0. The second-order valence-electron chi connectivity index (χ2n) is 4.55. The lowest BCUT2D eigenvalue weighted by Gasteiger charge is -2.02. The Morgan fingerprint density at radius 2 is 2.09 bits per heavy atom. The molecule has 0 aliphatic carbocycles. The molecule has 0 bridgehead atoms. The predicted octanol–water partition coefficient (Wildman–Crippen LogP) is 4.33. The SMILES string of the molecule is CCOc1ccc(N=C2NC(=O)/C(=C\c3ccc(Br)o3)S2)cc1. The van der Waals surface area contributed by atoms with E-state index in [1.54, 1.807) is 18.2 Å². The largest absolute Gasteiger partial charge is 0.494 e. The summed E-state index contributed by atoms with van der Waals surface area (Å²) in [5.74, 6) is 1.22. The molecule has 7 heteroatoms. The molecule has 0 saturated carbocycles. The summed E-state index contributed by atoms with van der Waals surface area (Å²) in [6.07, 6.45) is 1.69. The lowest BCUT2D eigenvalue weighted by Crippen LogP contribution is -2.19. The average Bonchev–Trinajstić information content (AvgIpc) is 3.08. The topological polar surface area (TPSA) is 63.8 Å². The van der Waals surface area contributed by atoms with Gasteiger partial charge in [0.15, 0.2) is 9.84 Å². The van der Waals surface area contributed by atoms with Crippen LogP contribution in [0.15, 0.2) is 55.4 Å². The molecule has 1 aromatic carbocycles. The van der Waals surface area contributed by atoms with Crippen LogP contribution in [0, 0.1) is 0 Å². The van der Waals surface area contributed by atoms with Gasteiger partial charge in [-0.2, -0.15) is 0 Å². The molecular weight excluding hydrogens is 380 g/mol. The van der Waals surface area contributed by atoms with E-state index in [9.17, 15) is 4.79 Å². The van der Waals surface area contributed by atoms with Crippen LogP contribution in [0.4, 0.5) is 5.69 Å². The molecule has 1 amide bonds. The van der Waals surface area contributed by atoms with Crippen LogP contribution >= 0.6 is 27.7 Å². The number of hydrogen-bond donors (Lipinski definition) is 1. The van der Waals surface area contributed by atoms with Gasteiger partial charge in [0.2, 0.25) is 0 Å². The average molecular weight is 393 g/mol. The molecule has 5 nitrogen and oxygen atoms in total. The summed E-state index contributed by atoms with van der Waals surface area (Å²) >= 11 is 4.51. The molecule has 1 N–H and O–H groups in total. The first-order valence-corrected chi connectivity index (χ1v) is 8.53. The summed E-state index contributed by atoms with van der Waals surface area (Å²) in [6.45, 7) is 2.56. The molecule has 1 aliphatic heterocycles. The zero-order valence-electron chi connectivity index (χ0n) is 12.2. The Morgan fingerprint density at radius 1 is 1.30 bits per heavy atom. The highest BCUT2D eigenvalue weighted by Gasteiger charge is 2.24. The minimum atomic E-state index is -0.188. The number of amides is 1. The van der Waals surface area contributed by atoms with Crippen molar-refractivity contribution < 1.29 is 13.9 Å². The Bertz CT molecular complexity index is 781. The van der Waals surface area contributed by atoms with Gasteiger partial charge in [-0.3, -0.25) is 4.79 Å². The maximum absolute atomic E-state index is 12.0. The van der Waals surface area contributed by atoms with Gasteiger partial charge in [0.05, 0.1) is 17.2 Å². The molecule has 1 fully saturated rings. The van der Waals surface area contributed by atoms with E-state index in [0.717, 1.165) is 11.4 Å². The lowest BCUT2D eigenvalue weighted by molar-refractivity contribution is -0.115. The second-order valence-corrected chi connectivity index (χ2v) is 6.36. The van der Waals surface area contributed by atoms with E-state index in [4.69, 9.17) is 9.15 Å². The van der Waals surface area contributed by atoms with Gasteiger partial charge in [-0.15, -0.1) is 0 Å². The highest BCUT2D eigenvalue weighted by Crippen LogP contribution is 2.29. The van der Waals surface area contributed by atoms with Crippen molar-refractivity contribution in [3.8, 4) is 5.75 Å². The van der Waals surface area contributed by atoms with Crippen LogP contribution in [0.3, 0.4) is 0 Å². The van der Waals surface area contributed by atoms with Crippen molar-refractivity contribution >= 4 is 50.5 Å². The summed E-state index contributed by atoms with van der Waals surface area (Å²) in [7, 11) is 0. The first-order chi connectivity index (χ1) is 11.1. The molecule has 2 heterocycles. The van der Waals surface area contributed by atoms with Crippen molar-refractivity contribution in [3.05, 3.63) is 51.7 Å². The highest BCUT2D eigenvalue weighted by atomic mass is 79.9. The van der Waals surface area contributed by atoms with Gasteiger partial charge in [0, 0.05) is 6.08 Å². The van der Waals surface area contributed by atoms with Crippen molar-refractivity contribution in [1.82, 2.24) is 5.32 Å². The Hall–Kier alpha value is -1.99. The molecule has 0 spiro atoms. The Balaban J connectivity index is 1.75. The van der Waals surface area contributed by atoms with Crippen LogP contribution in [-0.2, 0) is 4.79 Å². The first kappa shape index (κ1) is 15.9. The Labute approximate surface area is 145 Å². The standard InChI is InChI=1S/C16H13BrN2O3S/c1-2-21-11-5-3-10(4-6-11)18-16-19-15(20)13(23-16)9-12-7-8-14(17)22-12/h3-9H,2H2,1H3,(H,18,19,20)/b13-9+. The number of ether oxygens (including phenoxy) is 1. The fraction of sp³-hybridized carbons (Fsp3) is 0.125. The van der Waals surface area contributed by atoms with Crippen LogP contribution in [0.2, 0.25) is 0 Å². The zero-order chi connectivity index (χ0) is 16.2. The molecule has 1 aromatic heterocycles. The molecule has 118 valence electrons. The number of thioether (sulfide) groups is 1. The number of hydrogen-bond acceptors (Lipinski definition) is 5. The van der Waals surface area contributed by atoms with E-state index in [-0.39, 0.29) is 5.91 Å². The molecule has 1 aliphatic rings. The van der Waals surface area contributed by atoms with Crippen LogP contribution in [0.25, 0.3) is 6.08 Å². The number of nitrogens with zero attached hydrogens (tertiary/aromatic N) is 1. The molecule has 0 atom stereocenters. The smallest absolute Gasteiger partial charge is 0.264 e. The van der Waals surface area contributed by atoms with Gasteiger partial charge < -0.3 is 14.5 Å². The third-order valence-electron chi connectivity index (χ3n) is 2.90. The number of rotatable bonds is 4. The van der Waals surface area contributed by atoms with E-state index in [1.165, 1.54) is 11.8 Å². The van der Waals surface area contributed by atoms with E-state index in [0.29, 0.717) is 27.1 Å². The quantitative estimate of drug-likeness (QED) is 0.786. The molecule has 1 saturated heterocycles. The number of aliphatic imine (C=N–C) groups is 1. The van der Waals surface area contributed by atoms with Gasteiger partial charge in [-0.05, 0) is 71.0 Å². The molecule has 0 radical (unpaired) electrons. The highest BCUT2D eigenvalue weighted by molar-refractivity contribution is 9.10. The number of carbonyl (C=O) groups is 1. The predicted molar refractivity (Wildman–Crippen MR) is 94.8 cm³/mol. The molecule has 2 aromatic rings. The third kappa shape index (κ3) is 4.05. The molecule has 23 heavy (non-hydrogen) atoms. The fourth-order valence-corrected chi connectivity index (χ4v) is 3.06. The molecule has 3 rings (SSSR count). The number of nitrogens with one attached hydrogen (secondary N) is 1. The normalized spacial score (nSPS) is 17.7. The molecule has 0 unspecified atom stereocenters. The number of furan rings is 1. The number of halogens is 1. The van der Waals surface area contributed by atoms with Gasteiger partial charge in [-0.1, -0.05) is 0 Å². The first-order valence-electron chi connectivity index (χ1n) is 6.92. The van der Waals surface area contributed by atoms with Crippen molar-refractivity contribution in [3.63, 3.8) is 0 Å². The van der Waals surface area contributed by atoms with Gasteiger partial charge in [-0.25, -0.2) is 4.99 Å². The van der Waals surface area contributed by atoms with Crippen molar-refractivity contribution in [2.75, 3.05) is 6.61 Å². The number of carbonyl (C=O) groups excluding carboxylic acids is 1. The van der Waals surface area contributed by atoms with Crippen LogP contribution in [-0.4, -0.2) is 17.7 Å². The second kappa shape index (κ2) is 7.06. The van der Waals surface area contributed by atoms with E-state index < -0.39 is 0 Å². The Morgan fingerprint density at radius 3 is 2.74 bits per heavy atom. The summed E-state index contributed by atoms with van der Waals surface area (Å²) < 4.78 is 11.4. The van der Waals surface area contributed by atoms with Crippen LogP contribution in [0.1, 0.15) is 12.7 Å². The van der Waals surface area contributed by atoms with Crippen molar-refractivity contribution in [1.29, 1.82) is 0 Å². The Kier molecular flexibility index (Phi) is 4.88. The van der Waals surface area contributed by atoms with E-state index in [1.807, 2.05) is 31.2 Å². The lowest BCUT2D eigenvalue weighted by atomic mass is 10.3. The van der Waals surface area contributed by atoms with Gasteiger partial charge in [0.25, 0.3) is 5.91 Å². The molecular formula is C16H13BrN2O3S. The van der Waals surface area contributed by atoms with Crippen LogP contribution in [0.5, 0.6) is 5.75 Å². The van der Waals surface area contributed by atoms with Crippen molar-refractivity contribution in [2.24, 2.45) is 4.99 Å². The minimum absolute atomic E-state index is 0.188. The van der Waals surface area contributed by atoms with E-state index in [2.05, 4.69) is 26.2 Å². The van der Waals surface area contributed by atoms with Gasteiger partial charge >= 0.3 is 0 Å². The summed E-state index contributed by atoms with van der Waals surface area (Å²) in [4.78, 5) is 16.9. The maximum Gasteiger partial charge on any atom is 0.264 e. The van der Waals surface area contributed by atoms with Crippen molar-refractivity contribution in [2.45, 2.75) is 6.92 Å². The monoisotopic (exact) mass is 392 g/mol. The fourth-order valence-electron chi connectivity index (χ4n) is 1.92. The minimum Gasteiger partial charge on any atom is -0.494 e. The number of amidine groups is 1. The summed E-state index contributed by atoms with van der Waals surface area (Å²) in [6, 6.07) is 10.9. The third-order valence-corrected chi connectivity index (χ3v) is 4.23. The zero-order valence-corrected chi connectivity index (χ0v) is 14.6. The number of benzene rings is 1. The summed E-state index contributed by atoms with van der Waals surface area (Å²) in [5, 5.41) is 3.28. The summed E-state index contributed by atoms with van der Waals surface area (Å²) in [5.41, 5.74) is 0.748. The van der Waals surface area contributed by atoms with Crippen LogP contribution < -0.4 is 10.1 Å². The van der Waals surface area contributed by atoms with Gasteiger partial charge in [0.1, 0.15) is 11.5 Å². The van der Waals surface area contributed by atoms with E-state index >= 15 is 0 Å².